The molecule has 0 radical (unpaired) electrons. The van der Waals surface area contributed by atoms with Gasteiger partial charge in [-0.2, -0.15) is 0 Å². The van der Waals surface area contributed by atoms with Crippen LogP contribution in [0.15, 0.2) is 61.3 Å². The van der Waals surface area contributed by atoms with E-state index in [1.165, 1.54) is 6.33 Å². The molecule has 35 heavy (non-hydrogen) atoms. The van der Waals surface area contributed by atoms with Crippen molar-refractivity contribution < 1.29 is 19.4 Å². The summed E-state index contributed by atoms with van der Waals surface area (Å²) in [5.74, 6) is 0.0405. The highest BCUT2D eigenvalue weighted by molar-refractivity contribution is 6.18. The summed E-state index contributed by atoms with van der Waals surface area (Å²) >= 11 is 0. The molecule has 10 heteroatoms. The van der Waals surface area contributed by atoms with Gasteiger partial charge in [0.15, 0.2) is 5.78 Å². The van der Waals surface area contributed by atoms with Crippen LogP contribution in [0.25, 0.3) is 11.0 Å². The average molecular weight is 473 g/mol. The molecule has 1 aliphatic heterocycles. The lowest BCUT2D eigenvalue weighted by Gasteiger charge is -2.29. The zero-order valence-electron chi connectivity index (χ0n) is 18.8. The number of H-pyrrole nitrogens is 1. The Hall–Kier alpha value is -4.15. The molecule has 1 amide bonds. The van der Waals surface area contributed by atoms with Crippen LogP contribution in [0, 0.1) is 0 Å². The van der Waals surface area contributed by atoms with Crippen LogP contribution in [0.2, 0.25) is 0 Å². The second-order valence-electron chi connectivity index (χ2n) is 8.31. The molecule has 2 unspecified atom stereocenters. The van der Waals surface area contributed by atoms with Gasteiger partial charge in [0.05, 0.1) is 48.2 Å². The van der Waals surface area contributed by atoms with Gasteiger partial charge >= 0.3 is 0 Å². The molecule has 5 rings (SSSR count). The molecule has 0 bridgehead atoms. The number of ether oxygens (including phenoxy) is 1. The topological polar surface area (TPSA) is 142 Å². The van der Waals surface area contributed by atoms with Crippen LogP contribution >= 0.6 is 0 Å². The van der Waals surface area contributed by atoms with Crippen molar-refractivity contribution in [2.45, 2.75) is 25.0 Å². The van der Waals surface area contributed by atoms with E-state index in [-0.39, 0.29) is 30.4 Å². The Kier molecular flexibility index (Phi) is 6.47. The minimum Gasteiger partial charge on any atom is -0.394 e. The zero-order chi connectivity index (χ0) is 24.2. The van der Waals surface area contributed by atoms with E-state index in [0.717, 1.165) is 12.8 Å². The number of aliphatic hydroxyl groups excluding tert-OH is 1. The van der Waals surface area contributed by atoms with Gasteiger partial charge in [-0.25, -0.2) is 9.97 Å². The molecule has 1 fully saturated rings. The quantitative estimate of drug-likeness (QED) is 0.301. The van der Waals surface area contributed by atoms with Crippen LogP contribution < -0.4 is 10.6 Å². The Balaban J connectivity index is 1.35. The van der Waals surface area contributed by atoms with Crippen LogP contribution in [0.5, 0.6) is 0 Å². The number of pyridine rings is 1. The summed E-state index contributed by atoms with van der Waals surface area (Å²) in [5.41, 5.74) is 2.43. The first kappa shape index (κ1) is 22.6. The lowest BCUT2D eigenvalue weighted by atomic mass is 10.0. The number of anilines is 2. The minimum absolute atomic E-state index is 0.00481. The molecule has 3 aromatic heterocycles. The molecular weight excluding hydrogens is 448 g/mol. The summed E-state index contributed by atoms with van der Waals surface area (Å²) in [7, 11) is 0. The first-order valence-electron chi connectivity index (χ1n) is 11.3. The van der Waals surface area contributed by atoms with Gasteiger partial charge < -0.3 is 25.5 Å². The summed E-state index contributed by atoms with van der Waals surface area (Å²) in [6.45, 7) is 0.442. The molecule has 1 saturated heterocycles. The number of benzene rings is 1. The number of nitrogens with zero attached hydrogens (tertiary/aromatic N) is 3. The number of aromatic nitrogens is 4. The lowest BCUT2D eigenvalue weighted by molar-refractivity contribution is -0.0224. The van der Waals surface area contributed by atoms with Crippen molar-refractivity contribution in [3.8, 4) is 0 Å². The fourth-order valence-corrected chi connectivity index (χ4v) is 4.08. The number of ketones is 1. The Labute approximate surface area is 200 Å². The molecule has 10 nitrogen and oxygen atoms in total. The third kappa shape index (κ3) is 4.88. The zero-order valence-corrected chi connectivity index (χ0v) is 18.8. The maximum atomic E-state index is 13.4. The Morgan fingerprint density at radius 1 is 1.11 bits per heavy atom. The van der Waals surface area contributed by atoms with Crippen LogP contribution in [-0.2, 0) is 4.74 Å². The van der Waals surface area contributed by atoms with Crippen LogP contribution in [0.3, 0.4) is 0 Å². The molecule has 4 heterocycles. The molecular formula is C25H24N6O4. The Morgan fingerprint density at radius 3 is 2.66 bits per heavy atom. The van der Waals surface area contributed by atoms with Crippen molar-refractivity contribution in [2.24, 2.45) is 0 Å². The maximum absolute atomic E-state index is 13.4. The number of carbonyl (C=O) groups is 2. The van der Waals surface area contributed by atoms with Crippen LogP contribution in [0.4, 0.5) is 11.5 Å². The smallest absolute Gasteiger partial charge is 0.255 e. The van der Waals surface area contributed by atoms with Crippen molar-refractivity contribution in [3.63, 3.8) is 0 Å². The van der Waals surface area contributed by atoms with Crippen LogP contribution in [0.1, 0.15) is 39.1 Å². The van der Waals surface area contributed by atoms with E-state index in [1.807, 2.05) is 0 Å². The highest BCUT2D eigenvalue weighted by atomic mass is 16.5. The van der Waals surface area contributed by atoms with Crippen molar-refractivity contribution >= 4 is 34.2 Å². The highest BCUT2D eigenvalue weighted by Crippen LogP contribution is 2.27. The van der Waals surface area contributed by atoms with Gasteiger partial charge in [0.25, 0.3) is 5.91 Å². The molecule has 2 atom stereocenters. The first-order valence-corrected chi connectivity index (χ1v) is 11.3. The number of amides is 1. The fourth-order valence-electron chi connectivity index (χ4n) is 4.08. The SMILES string of the molecule is O=C(Nc1cccnc1)c1ccc(C(=O)c2c[nH]c3ncnc(NC4CCC(CO)OC4)c23)cc1. The highest BCUT2D eigenvalue weighted by Gasteiger charge is 2.24. The lowest BCUT2D eigenvalue weighted by Crippen LogP contribution is -2.36. The monoisotopic (exact) mass is 472 g/mol. The van der Waals surface area contributed by atoms with Crippen LogP contribution in [-0.4, -0.2) is 62.1 Å². The summed E-state index contributed by atoms with van der Waals surface area (Å²) in [5, 5.41) is 16.0. The second-order valence-corrected chi connectivity index (χ2v) is 8.31. The van der Waals surface area contributed by atoms with E-state index in [0.29, 0.717) is 45.8 Å². The molecule has 0 aliphatic carbocycles. The van der Waals surface area contributed by atoms with Gasteiger partial charge in [-0.15, -0.1) is 0 Å². The van der Waals surface area contributed by atoms with Gasteiger partial charge in [-0.05, 0) is 37.1 Å². The molecule has 0 saturated carbocycles. The normalized spacial score (nSPS) is 17.7. The van der Waals surface area contributed by atoms with E-state index in [1.54, 1.807) is 55.0 Å². The molecule has 1 aromatic carbocycles. The largest absolute Gasteiger partial charge is 0.394 e. The van der Waals surface area contributed by atoms with E-state index >= 15 is 0 Å². The third-order valence-electron chi connectivity index (χ3n) is 5.96. The van der Waals surface area contributed by atoms with Crippen molar-refractivity contribution in [3.05, 3.63) is 78.0 Å². The fraction of sp³-hybridized carbons (Fsp3) is 0.240. The maximum Gasteiger partial charge on any atom is 0.255 e. The number of hydrogen-bond donors (Lipinski definition) is 4. The second kappa shape index (κ2) is 10.00. The predicted octanol–water partition coefficient (Wildman–Crippen LogP) is 2.79. The number of nitrogens with one attached hydrogen (secondary N) is 3. The molecule has 4 N–H and O–H groups in total. The minimum atomic E-state index is -0.290. The van der Waals surface area contributed by atoms with Crippen molar-refractivity contribution in [1.82, 2.24) is 19.9 Å². The summed E-state index contributed by atoms with van der Waals surface area (Å²) in [4.78, 5) is 41.5. The molecule has 1 aliphatic rings. The van der Waals surface area contributed by atoms with Gasteiger partial charge in [-0.3, -0.25) is 14.6 Å². The molecule has 4 aromatic rings. The molecule has 0 spiro atoms. The average Bonchev–Trinajstić information content (AvgIpc) is 3.35. The predicted molar refractivity (Wildman–Crippen MR) is 129 cm³/mol. The first-order chi connectivity index (χ1) is 17.1. The number of fused-ring (bicyclic) bond motifs is 1. The Morgan fingerprint density at radius 2 is 1.94 bits per heavy atom. The number of aliphatic hydroxyl groups is 1. The summed E-state index contributed by atoms with van der Waals surface area (Å²) in [6.07, 6.45) is 7.65. The van der Waals surface area contributed by atoms with E-state index < -0.39 is 0 Å². The number of aromatic amines is 1. The van der Waals surface area contributed by atoms with E-state index in [2.05, 4.69) is 30.6 Å². The van der Waals surface area contributed by atoms with Gasteiger partial charge in [0.1, 0.15) is 17.8 Å². The van der Waals surface area contributed by atoms with Gasteiger partial charge in [0.2, 0.25) is 0 Å². The molecule has 178 valence electrons. The van der Waals surface area contributed by atoms with Gasteiger partial charge in [0, 0.05) is 23.5 Å². The summed E-state index contributed by atoms with van der Waals surface area (Å²) in [6, 6.07) is 9.96. The number of carbonyl (C=O) groups excluding carboxylic acids is 2. The van der Waals surface area contributed by atoms with E-state index in [9.17, 15) is 14.7 Å². The number of hydrogen-bond acceptors (Lipinski definition) is 8. The van der Waals surface area contributed by atoms with Crippen molar-refractivity contribution in [2.75, 3.05) is 23.8 Å². The summed E-state index contributed by atoms with van der Waals surface area (Å²) < 4.78 is 5.65. The van der Waals surface area contributed by atoms with E-state index in [4.69, 9.17) is 4.74 Å². The van der Waals surface area contributed by atoms with Gasteiger partial charge in [-0.1, -0.05) is 12.1 Å². The standard InChI is InChI=1S/C25H24N6O4/c32-12-19-8-7-18(13-35-19)30-24-21-20(11-27-23(21)28-14-29-24)22(33)15-3-5-16(6-4-15)25(34)31-17-2-1-9-26-10-17/h1-6,9-11,14,18-19,32H,7-8,12-13H2,(H,31,34)(H2,27,28,29,30). The van der Waals surface area contributed by atoms with Crippen molar-refractivity contribution in [1.29, 1.82) is 0 Å². The number of rotatable bonds is 7. The third-order valence-corrected chi connectivity index (χ3v) is 5.96. The Bertz CT molecular complexity index is 1330.